The summed E-state index contributed by atoms with van der Waals surface area (Å²) < 4.78 is 0.689. The van der Waals surface area contributed by atoms with Crippen LogP contribution in [0.3, 0.4) is 0 Å². The van der Waals surface area contributed by atoms with E-state index in [9.17, 15) is 4.79 Å². The van der Waals surface area contributed by atoms with Crippen LogP contribution in [0.1, 0.15) is 0 Å². The fourth-order valence-electron chi connectivity index (χ4n) is 0. The molecule has 0 fully saturated rings. The normalized spacial score (nSPS) is 4.80. The molecule has 0 saturated carbocycles. The van der Waals surface area contributed by atoms with E-state index >= 15 is 0 Å². The zero-order valence-corrected chi connectivity index (χ0v) is 4.34. The van der Waals surface area contributed by atoms with Gasteiger partial charge in [-0.1, -0.05) is 0 Å². The molecule has 0 aromatic heterocycles. The molecule has 0 atom stereocenters. The Morgan fingerprint density at radius 1 is 1.80 bits per heavy atom. The fraction of sp³-hybridized carbons (Fsp3) is 0.500. The summed E-state index contributed by atoms with van der Waals surface area (Å²) in [5.41, 5.74) is 0. The molecule has 0 amide bonds. The third-order valence-corrected chi connectivity index (χ3v) is 0.441. The van der Waals surface area contributed by atoms with Gasteiger partial charge in [0.1, 0.15) is 0 Å². The summed E-state index contributed by atoms with van der Waals surface area (Å²) in [4.78, 5) is 9.19. The molecule has 0 bridgehead atoms. The van der Waals surface area contributed by atoms with E-state index in [0.29, 0.717) is 4.64 Å². The summed E-state index contributed by atoms with van der Waals surface area (Å²) in [5, 5.41) is 0. The van der Waals surface area contributed by atoms with Crippen molar-refractivity contribution in [3.8, 4) is 0 Å². The van der Waals surface area contributed by atoms with Crippen molar-refractivity contribution < 1.29 is 25.9 Å². The van der Waals surface area contributed by atoms with Crippen LogP contribution < -0.4 is 0 Å². The molecule has 0 aromatic rings. The molecule has 0 rings (SSSR count). The SMILES string of the molecule is O=C[CH2][Nb].[LiH]. The van der Waals surface area contributed by atoms with Gasteiger partial charge in [-0.25, -0.2) is 0 Å². The Labute approximate surface area is 55.6 Å². The van der Waals surface area contributed by atoms with Gasteiger partial charge in [0, 0.05) is 0 Å². The Balaban J connectivity index is 0. The molecule has 0 heterocycles. The Morgan fingerprint density at radius 3 is 2.00 bits per heavy atom. The second-order valence-corrected chi connectivity index (χ2v) is 1.25. The first kappa shape index (κ1) is 9.38. The van der Waals surface area contributed by atoms with Crippen molar-refractivity contribution in [3.05, 3.63) is 0 Å². The minimum atomic E-state index is 0. The topological polar surface area (TPSA) is 17.1 Å². The van der Waals surface area contributed by atoms with Gasteiger partial charge in [0.2, 0.25) is 0 Å². The first-order chi connectivity index (χ1) is 1.91. The van der Waals surface area contributed by atoms with Gasteiger partial charge in [0.25, 0.3) is 0 Å². The monoisotopic (exact) mass is 144 g/mol. The van der Waals surface area contributed by atoms with Crippen molar-refractivity contribution in [2.24, 2.45) is 0 Å². The minimum absolute atomic E-state index is 0. The van der Waals surface area contributed by atoms with Gasteiger partial charge in [0.15, 0.2) is 0 Å². The van der Waals surface area contributed by atoms with Crippen LogP contribution in [-0.2, 0) is 25.9 Å². The summed E-state index contributed by atoms with van der Waals surface area (Å²) in [7, 11) is 0. The van der Waals surface area contributed by atoms with E-state index in [-0.39, 0.29) is 18.9 Å². The molecule has 0 aromatic carbocycles. The van der Waals surface area contributed by atoms with Crippen LogP contribution in [0.5, 0.6) is 0 Å². The predicted octanol–water partition coefficient (Wildman–Crippen LogP) is -0.498. The van der Waals surface area contributed by atoms with Crippen LogP contribution in [0.4, 0.5) is 0 Å². The first-order valence-corrected chi connectivity index (χ1v) is 2.51. The van der Waals surface area contributed by atoms with Crippen molar-refractivity contribution >= 4 is 25.1 Å². The first-order valence-electron chi connectivity index (χ1n) is 0.960. The summed E-state index contributed by atoms with van der Waals surface area (Å²) in [6.07, 6.45) is 0.897. The molecule has 5 heavy (non-hydrogen) atoms. The number of rotatable bonds is 1. The quantitative estimate of drug-likeness (QED) is 0.358. The van der Waals surface area contributed by atoms with E-state index in [2.05, 4.69) is 0 Å². The molecule has 0 aliphatic rings. The molecule has 0 saturated heterocycles. The molecular formula is C2H4LiNbO. The van der Waals surface area contributed by atoms with Crippen molar-refractivity contribution in [2.75, 3.05) is 0 Å². The van der Waals surface area contributed by atoms with Crippen molar-refractivity contribution in [1.29, 1.82) is 0 Å². The average molecular weight is 144 g/mol. The van der Waals surface area contributed by atoms with E-state index in [0.717, 1.165) is 6.29 Å². The van der Waals surface area contributed by atoms with Gasteiger partial charge in [-0.15, -0.1) is 0 Å². The van der Waals surface area contributed by atoms with Crippen molar-refractivity contribution in [2.45, 2.75) is 4.64 Å². The van der Waals surface area contributed by atoms with Crippen LogP contribution in [-0.4, -0.2) is 25.1 Å². The van der Waals surface area contributed by atoms with Gasteiger partial charge < -0.3 is 0 Å². The summed E-state index contributed by atoms with van der Waals surface area (Å²) in [6, 6.07) is 0. The standard InChI is InChI=1S/C2H3O.Li.Nb.H/c1-2-3;;;/h2H,1H2;;;. The molecule has 24 valence electrons. The fourth-order valence-corrected chi connectivity index (χ4v) is 0. The second kappa shape index (κ2) is 8.89. The Kier molecular flexibility index (Phi) is 16.7. The van der Waals surface area contributed by atoms with E-state index in [1.54, 1.807) is 0 Å². The number of aldehydes is 1. The Morgan fingerprint density at radius 2 is 2.00 bits per heavy atom. The van der Waals surface area contributed by atoms with Crippen molar-refractivity contribution in [3.63, 3.8) is 0 Å². The summed E-state index contributed by atoms with van der Waals surface area (Å²) in [6.45, 7) is 0. The predicted molar refractivity (Wildman–Crippen MR) is 18.0 cm³/mol. The average Bonchev–Trinajstić information content (AvgIpc) is 1.37. The van der Waals surface area contributed by atoms with E-state index in [1.807, 2.05) is 0 Å². The van der Waals surface area contributed by atoms with Crippen LogP contribution >= 0.6 is 0 Å². The van der Waals surface area contributed by atoms with Gasteiger partial charge in [-0.2, -0.15) is 0 Å². The molecule has 0 N–H and O–H groups in total. The molecule has 1 nitrogen and oxygen atoms in total. The molecule has 0 unspecified atom stereocenters. The zero-order chi connectivity index (χ0) is 3.41. The summed E-state index contributed by atoms with van der Waals surface area (Å²) in [5.74, 6) is 0. The van der Waals surface area contributed by atoms with Crippen LogP contribution in [0.25, 0.3) is 0 Å². The van der Waals surface area contributed by atoms with Gasteiger partial charge in [-0.05, 0) is 0 Å². The number of hydrogen-bond acceptors (Lipinski definition) is 1. The van der Waals surface area contributed by atoms with Gasteiger partial charge in [-0.3, -0.25) is 0 Å². The maximum atomic E-state index is 9.19. The van der Waals surface area contributed by atoms with Crippen LogP contribution in [0.2, 0.25) is 4.64 Å². The Bertz CT molecular complexity index is 23.6. The molecular weight excluding hydrogens is 140 g/mol. The van der Waals surface area contributed by atoms with Gasteiger partial charge in [0.05, 0.1) is 0 Å². The third-order valence-electron chi connectivity index (χ3n) is 0.0745. The zero-order valence-electron chi connectivity index (χ0n) is 2.14. The van der Waals surface area contributed by atoms with Gasteiger partial charge >= 0.3 is 55.6 Å². The van der Waals surface area contributed by atoms with Crippen LogP contribution in [0.15, 0.2) is 0 Å². The second-order valence-electron chi connectivity index (χ2n) is 0.349. The number of hydrogen-bond donors (Lipinski definition) is 0. The number of carbonyl (C=O) groups excluding carboxylic acids is 1. The Hall–Kier alpha value is 1.01. The van der Waals surface area contributed by atoms with E-state index < -0.39 is 0 Å². The van der Waals surface area contributed by atoms with Crippen LogP contribution in [0, 0.1) is 0 Å². The molecule has 0 aliphatic carbocycles. The third kappa shape index (κ3) is 11.2. The maximum absolute atomic E-state index is 9.19. The molecule has 3 heteroatoms. The molecule has 0 spiro atoms. The van der Waals surface area contributed by atoms with E-state index in [1.165, 1.54) is 21.1 Å². The summed E-state index contributed by atoms with van der Waals surface area (Å²) >= 11 is 1.53. The van der Waals surface area contributed by atoms with E-state index in [4.69, 9.17) is 0 Å². The molecule has 0 radical (unpaired) electrons. The van der Waals surface area contributed by atoms with Crippen molar-refractivity contribution in [1.82, 2.24) is 0 Å². The number of carbonyl (C=O) groups is 1. The molecule has 0 aliphatic heterocycles.